The van der Waals surface area contributed by atoms with E-state index in [1.807, 2.05) is 32.0 Å². The van der Waals surface area contributed by atoms with Gasteiger partial charge in [0, 0.05) is 18.2 Å². The van der Waals surface area contributed by atoms with E-state index in [4.69, 9.17) is 0 Å². The lowest BCUT2D eigenvalue weighted by Crippen LogP contribution is -2.57. The summed E-state index contributed by atoms with van der Waals surface area (Å²) in [5.74, 6) is -1.22. The molecule has 4 amide bonds. The molecule has 1 aliphatic heterocycles. The summed E-state index contributed by atoms with van der Waals surface area (Å²) in [6.07, 6.45) is 0.0280. The molecule has 0 bridgehead atoms. The summed E-state index contributed by atoms with van der Waals surface area (Å²) < 4.78 is 0. The van der Waals surface area contributed by atoms with Gasteiger partial charge < -0.3 is 10.6 Å². The van der Waals surface area contributed by atoms with Crippen molar-refractivity contribution >= 4 is 23.5 Å². The van der Waals surface area contributed by atoms with Gasteiger partial charge in [-0.25, -0.2) is 4.79 Å². The molecule has 1 aromatic carbocycles. The number of hydrogen-bond donors (Lipinski definition) is 3. The molecule has 0 radical (unpaired) electrons. The number of benzene rings is 1. The normalized spacial score (nSPS) is 21.5. The maximum absolute atomic E-state index is 12.0. The Kier molecular flexibility index (Phi) is 4.26. The van der Waals surface area contributed by atoms with E-state index in [0.717, 1.165) is 11.1 Å². The lowest BCUT2D eigenvalue weighted by atomic mass is 9.94. The molecule has 1 aliphatic rings. The lowest BCUT2D eigenvalue weighted by Gasteiger charge is -2.28. The third-order valence-electron chi connectivity index (χ3n) is 3.73. The number of urea groups is 1. The van der Waals surface area contributed by atoms with E-state index in [9.17, 15) is 14.4 Å². The first-order chi connectivity index (χ1) is 9.86. The van der Waals surface area contributed by atoms with Crippen LogP contribution in [0, 0.1) is 19.8 Å². The van der Waals surface area contributed by atoms with E-state index in [1.165, 1.54) is 0 Å². The summed E-state index contributed by atoms with van der Waals surface area (Å²) in [6, 6.07) is 4.77. The van der Waals surface area contributed by atoms with Gasteiger partial charge in [0.05, 0.1) is 5.92 Å². The van der Waals surface area contributed by atoms with Crippen LogP contribution in [0.5, 0.6) is 0 Å². The molecule has 6 heteroatoms. The maximum Gasteiger partial charge on any atom is 0.321 e. The first kappa shape index (κ1) is 15.0. The van der Waals surface area contributed by atoms with Gasteiger partial charge in [-0.3, -0.25) is 14.9 Å². The molecule has 21 heavy (non-hydrogen) atoms. The Labute approximate surface area is 123 Å². The van der Waals surface area contributed by atoms with Crippen LogP contribution < -0.4 is 16.0 Å². The molecule has 0 spiro atoms. The minimum absolute atomic E-state index is 0.0280. The highest BCUT2D eigenvalue weighted by atomic mass is 16.2. The fourth-order valence-electron chi connectivity index (χ4n) is 2.28. The fourth-order valence-corrected chi connectivity index (χ4v) is 2.28. The predicted molar refractivity (Wildman–Crippen MR) is 78.8 cm³/mol. The molecule has 2 unspecified atom stereocenters. The van der Waals surface area contributed by atoms with E-state index in [0.29, 0.717) is 5.69 Å². The van der Waals surface area contributed by atoms with Crippen molar-refractivity contribution in [2.24, 2.45) is 5.92 Å². The zero-order chi connectivity index (χ0) is 15.6. The molecule has 1 fully saturated rings. The maximum atomic E-state index is 12.0. The third kappa shape index (κ3) is 3.59. The molecule has 112 valence electrons. The average Bonchev–Trinajstić information content (AvgIpc) is 2.38. The van der Waals surface area contributed by atoms with Crippen molar-refractivity contribution in [3.05, 3.63) is 29.3 Å². The zero-order valence-electron chi connectivity index (χ0n) is 12.3. The Balaban J connectivity index is 1.99. The van der Waals surface area contributed by atoms with Crippen LogP contribution in [0.1, 0.15) is 24.5 Å². The van der Waals surface area contributed by atoms with Gasteiger partial charge in [0.15, 0.2) is 0 Å². The molecular weight excluding hydrogens is 270 g/mol. The summed E-state index contributed by atoms with van der Waals surface area (Å²) in [4.78, 5) is 34.9. The Hall–Kier alpha value is -2.37. The van der Waals surface area contributed by atoms with Crippen molar-refractivity contribution < 1.29 is 14.4 Å². The average molecular weight is 289 g/mol. The first-order valence-electron chi connectivity index (χ1n) is 6.85. The molecule has 1 saturated heterocycles. The van der Waals surface area contributed by atoms with Crippen LogP contribution in [0.4, 0.5) is 10.5 Å². The van der Waals surface area contributed by atoms with Crippen molar-refractivity contribution in [3.8, 4) is 0 Å². The third-order valence-corrected chi connectivity index (χ3v) is 3.73. The Morgan fingerprint density at radius 1 is 1.24 bits per heavy atom. The second kappa shape index (κ2) is 5.95. The van der Waals surface area contributed by atoms with Gasteiger partial charge in [-0.2, -0.15) is 0 Å². The Morgan fingerprint density at radius 3 is 2.57 bits per heavy atom. The van der Waals surface area contributed by atoms with Gasteiger partial charge in [0.25, 0.3) is 0 Å². The summed E-state index contributed by atoms with van der Waals surface area (Å²) in [6.45, 7) is 5.68. The van der Waals surface area contributed by atoms with Crippen molar-refractivity contribution in [3.63, 3.8) is 0 Å². The van der Waals surface area contributed by atoms with Gasteiger partial charge >= 0.3 is 6.03 Å². The van der Waals surface area contributed by atoms with Gasteiger partial charge in [-0.15, -0.1) is 0 Å². The van der Waals surface area contributed by atoms with Crippen molar-refractivity contribution in [1.29, 1.82) is 0 Å². The van der Waals surface area contributed by atoms with E-state index >= 15 is 0 Å². The van der Waals surface area contributed by atoms with Crippen LogP contribution in [0.2, 0.25) is 0 Å². The Bertz CT molecular complexity index is 598. The second-order valence-electron chi connectivity index (χ2n) is 5.41. The first-order valence-corrected chi connectivity index (χ1v) is 6.85. The smallest absolute Gasteiger partial charge is 0.321 e. The summed E-state index contributed by atoms with van der Waals surface area (Å²) >= 11 is 0. The molecule has 1 aromatic rings. The molecule has 6 nitrogen and oxygen atoms in total. The highest BCUT2D eigenvalue weighted by molar-refractivity contribution is 6.01. The standard InChI is InChI=1S/C15H19N3O3/c1-8-4-5-11(6-9(8)2)17-13(19)7-12-10(3)16-15(21)18-14(12)20/h4-6,10,12H,7H2,1-3H3,(H,17,19)(H2,16,18,20,21). The second-order valence-corrected chi connectivity index (χ2v) is 5.41. The van der Waals surface area contributed by atoms with E-state index < -0.39 is 17.9 Å². The zero-order valence-corrected chi connectivity index (χ0v) is 12.3. The number of imide groups is 1. The molecule has 3 N–H and O–H groups in total. The van der Waals surface area contributed by atoms with Gasteiger partial charge in [0.2, 0.25) is 11.8 Å². The highest BCUT2D eigenvalue weighted by Gasteiger charge is 2.34. The van der Waals surface area contributed by atoms with Gasteiger partial charge in [-0.05, 0) is 44.0 Å². The largest absolute Gasteiger partial charge is 0.335 e. The number of rotatable bonds is 3. The molecular formula is C15H19N3O3. The van der Waals surface area contributed by atoms with Crippen LogP contribution in [0.3, 0.4) is 0 Å². The van der Waals surface area contributed by atoms with Crippen LogP contribution in [-0.4, -0.2) is 23.9 Å². The van der Waals surface area contributed by atoms with Crippen LogP contribution in [-0.2, 0) is 9.59 Å². The minimum atomic E-state index is -0.561. The fraction of sp³-hybridized carbons (Fsp3) is 0.400. The topological polar surface area (TPSA) is 87.3 Å². The van der Waals surface area contributed by atoms with Crippen molar-refractivity contribution in [1.82, 2.24) is 10.6 Å². The van der Waals surface area contributed by atoms with Crippen molar-refractivity contribution in [2.75, 3.05) is 5.32 Å². The van der Waals surface area contributed by atoms with Crippen LogP contribution >= 0.6 is 0 Å². The molecule has 0 aromatic heterocycles. The lowest BCUT2D eigenvalue weighted by molar-refractivity contribution is -0.129. The minimum Gasteiger partial charge on any atom is -0.335 e. The van der Waals surface area contributed by atoms with E-state index in [2.05, 4.69) is 16.0 Å². The molecule has 0 saturated carbocycles. The molecule has 2 rings (SSSR count). The van der Waals surface area contributed by atoms with Gasteiger partial charge in [0.1, 0.15) is 0 Å². The van der Waals surface area contributed by atoms with E-state index in [1.54, 1.807) is 6.92 Å². The van der Waals surface area contributed by atoms with Crippen LogP contribution in [0.25, 0.3) is 0 Å². The molecule has 2 atom stereocenters. The number of carbonyl (C=O) groups is 3. The number of nitrogens with one attached hydrogen (secondary N) is 3. The van der Waals surface area contributed by atoms with Gasteiger partial charge in [-0.1, -0.05) is 6.07 Å². The van der Waals surface area contributed by atoms with Crippen molar-refractivity contribution in [2.45, 2.75) is 33.2 Å². The molecule has 1 heterocycles. The number of hydrogen-bond acceptors (Lipinski definition) is 3. The van der Waals surface area contributed by atoms with E-state index in [-0.39, 0.29) is 18.4 Å². The number of carbonyl (C=O) groups excluding carboxylic acids is 3. The molecule has 0 aliphatic carbocycles. The summed E-state index contributed by atoms with van der Waals surface area (Å²) in [5, 5.41) is 7.55. The summed E-state index contributed by atoms with van der Waals surface area (Å²) in [7, 11) is 0. The monoisotopic (exact) mass is 289 g/mol. The Morgan fingerprint density at radius 2 is 1.95 bits per heavy atom. The highest BCUT2D eigenvalue weighted by Crippen LogP contribution is 2.17. The van der Waals surface area contributed by atoms with Crippen LogP contribution in [0.15, 0.2) is 18.2 Å². The SMILES string of the molecule is Cc1ccc(NC(=O)CC2C(=O)NC(=O)NC2C)cc1C. The summed E-state index contributed by atoms with van der Waals surface area (Å²) in [5.41, 5.74) is 2.94. The number of aryl methyl sites for hydroxylation is 2. The number of anilines is 1. The quantitative estimate of drug-likeness (QED) is 0.787. The predicted octanol–water partition coefficient (Wildman–Crippen LogP) is 1.48. The number of amides is 4.